The van der Waals surface area contributed by atoms with Crippen LogP contribution in [0.3, 0.4) is 0 Å². The highest BCUT2D eigenvalue weighted by Gasteiger charge is 2.44. The Bertz CT molecular complexity index is 1120. The minimum atomic E-state index is -0.996. The number of ether oxygens (including phenoxy) is 1. The van der Waals surface area contributed by atoms with Crippen LogP contribution in [-0.4, -0.2) is 11.6 Å². The van der Waals surface area contributed by atoms with E-state index in [0.29, 0.717) is 5.56 Å². The van der Waals surface area contributed by atoms with Gasteiger partial charge in [0.2, 0.25) is 11.7 Å². The Hall–Kier alpha value is -3.07. The summed E-state index contributed by atoms with van der Waals surface area (Å²) in [5.74, 6) is -2.35. The van der Waals surface area contributed by atoms with Gasteiger partial charge in [0.25, 0.3) is 0 Å². The molecule has 1 heterocycles. The molecule has 0 saturated heterocycles. The molecule has 4 rings (SSSR count). The molecule has 1 aliphatic carbocycles. The Morgan fingerprint density at radius 3 is 2.15 bits per heavy atom. The van der Waals surface area contributed by atoms with Crippen LogP contribution >= 0.6 is 23.2 Å². The number of nitrogens with two attached hydrogens (primary N) is 1. The van der Waals surface area contributed by atoms with Gasteiger partial charge in [-0.1, -0.05) is 53.5 Å². The van der Waals surface area contributed by atoms with Gasteiger partial charge >= 0.3 is 0 Å². The van der Waals surface area contributed by atoms with Gasteiger partial charge in [-0.3, -0.25) is 9.59 Å². The van der Waals surface area contributed by atoms with Crippen molar-refractivity contribution in [2.45, 2.75) is 5.92 Å². The van der Waals surface area contributed by atoms with E-state index in [9.17, 15) is 14.9 Å². The van der Waals surface area contributed by atoms with Crippen molar-refractivity contribution in [2.24, 2.45) is 5.73 Å². The summed E-state index contributed by atoms with van der Waals surface area (Å²) in [4.78, 5) is 26.1. The molecule has 5 nitrogen and oxygen atoms in total. The zero-order valence-electron chi connectivity index (χ0n) is 13.6. The number of rotatable bonds is 1. The van der Waals surface area contributed by atoms with E-state index < -0.39 is 17.5 Å². The number of Topliss-reactive ketones (excluding diaryl/α,β-unsaturated/α-hetero) is 2. The van der Waals surface area contributed by atoms with Crippen LogP contribution in [0.1, 0.15) is 32.2 Å². The van der Waals surface area contributed by atoms with Crippen LogP contribution in [-0.2, 0) is 4.74 Å². The monoisotopic (exact) mass is 396 g/mol. The maximum absolute atomic E-state index is 13.2. The van der Waals surface area contributed by atoms with E-state index in [2.05, 4.69) is 0 Å². The Morgan fingerprint density at radius 2 is 1.56 bits per heavy atom. The molecule has 1 atom stereocenters. The molecule has 0 aromatic heterocycles. The van der Waals surface area contributed by atoms with Crippen LogP contribution < -0.4 is 5.73 Å². The molecule has 2 aromatic rings. The second-order valence-corrected chi connectivity index (χ2v) is 6.82. The van der Waals surface area contributed by atoms with E-state index in [-0.39, 0.29) is 44.0 Å². The second kappa shape index (κ2) is 6.27. The lowest BCUT2D eigenvalue weighted by atomic mass is 9.75. The van der Waals surface area contributed by atoms with E-state index in [1.807, 2.05) is 6.07 Å². The summed E-state index contributed by atoms with van der Waals surface area (Å²) < 4.78 is 5.42. The van der Waals surface area contributed by atoms with Crippen molar-refractivity contribution in [3.8, 4) is 6.07 Å². The maximum atomic E-state index is 13.2. The zero-order valence-corrected chi connectivity index (χ0v) is 15.1. The van der Waals surface area contributed by atoms with Crippen LogP contribution in [0.4, 0.5) is 0 Å². The molecule has 2 aromatic carbocycles. The standard InChI is InChI=1S/C20H10Cl2N2O3/c21-12-6-3-7-13(22)15(12)14-11(8-23)20(24)27-19-16(14)17(25)9-4-1-2-5-10(9)18(19)26/h1-7,14H,24H2/t14-/m0/s1. The number of carbonyl (C=O) groups is 2. The fourth-order valence-electron chi connectivity index (χ4n) is 3.38. The fraction of sp³-hybridized carbons (Fsp3) is 0.0500. The van der Waals surface area contributed by atoms with Crippen molar-refractivity contribution in [3.05, 3.63) is 92.0 Å². The highest BCUT2D eigenvalue weighted by molar-refractivity contribution is 6.36. The molecular formula is C20H10Cl2N2O3. The van der Waals surface area contributed by atoms with Gasteiger partial charge in [0.15, 0.2) is 11.5 Å². The average molecular weight is 397 g/mol. The number of carbonyl (C=O) groups excluding carboxylic acids is 2. The number of fused-ring (bicyclic) bond motifs is 1. The lowest BCUT2D eigenvalue weighted by molar-refractivity contribution is 0.0897. The van der Waals surface area contributed by atoms with Crippen LogP contribution in [0.25, 0.3) is 0 Å². The first-order chi connectivity index (χ1) is 13.0. The molecule has 7 heteroatoms. The third kappa shape index (κ3) is 2.46. The van der Waals surface area contributed by atoms with Crippen molar-refractivity contribution < 1.29 is 14.3 Å². The Balaban J connectivity index is 2.04. The number of ketones is 2. The van der Waals surface area contributed by atoms with E-state index in [1.165, 1.54) is 0 Å². The number of halogens is 2. The molecule has 0 spiro atoms. The molecule has 0 radical (unpaired) electrons. The van der Waals surface area contributed by atoms with Crippen LogP contribution in [0.15, 0.2) is 65.3 Å². The smallest absolute Gasteiger partial charge is 0.229 e. The van der Waals surface area contributed by atoms with Gasteiger partial charge in [0.05, 0.1) is 11.5 Å². The highest BCUT2D eigenvalue weighted by Crippen LogP contribution is 2.47. The third-order valence-electron chi connectivity index (χ3n) is 4.58. The van der Waals surface area contributed by atoms with Crippen molar-refractivity contribution in [3.63, 3.8) is 0 Å². The maximum Gasteiger partial charge on any atom is 0.229 e. The van der Waals surface area contributed by atoms with Crippen molar-refractivity contribution >= 4 is 34.8 Å². The van der Waals surface area contributed by atoms with Crippen molar-refractivity contribution in [1.29, 1.82) is 5.26 Å². The normalized spacial score (nSPS) is 18.6. The van der Waals surface area contributed by atoms with Gasteiger partial charge in [0.1, 0.15) is 11.6 Å². The summed E-state index contributed by atoms with van der Waals surface area (Å²) in [6.45, 7) is 0. The topological polar surface area (TPSA) is 93.2 Å². The zero-order chi connectivity index (χ0) is 19.3. The Morgan fingerprint density at radius 1 is 0.963 bits per heavy atom. The average Bonchev–Trinajstić information content (AvgIpc) is 2.65. The molecule has 0 fully saturated rings. The summed E-state index contributed by atoms with van der Waals surface area (Å²) in [5, 5.41) is 10.1. The molecule has 27 heavy (non-hydrogen) atoms. The predicted octanol–water partition coefficient (Wildman–Crippen LogP) is 4.13. The van der Waals surface area contributed by atoms with E-state index >= 15 is 0 Å². The minimum Gasteiger partial charge on any atom is -0.436 e. The molecule has 2 N–H and O–H groups in total. The number of allylic oxidation sites excluding steroid dienone is 3. The first kappa shape index (κ1) is 17.3. The first-order valence-corrected chi connectivity index (χ1v) is 8.65. The number of nitriles is 1. The van der Waals surface area contributed by atoms with Crippen LogP contribution in [0.5, 0.6) is 0 Å². The summed E-state index contributed by atoms with van der Waals surface area (Å²) in [5.41, 5.74) is 6.68. The van der Waals surface area contributed by atoms with Gasteiger partial charge in [-0.05, 0) is 12.1 Å². The van der Waals surface area contributed by atoms with Crippen molar-refractivity contribution in [1.82, 2.24) is 0 Å². The van der Waals surface area contributed by atoms with E-state index in [4.69, 9.17) is 33.7 Å². The summed E-state index contributed by atoms with van der Waals surface area (Å²) in [6, 6.07) is 13.2. The van der Waals surface area contributed by atoms with Gasteiger partial charge in [-0.15, -0.1) is 0 Å². The van der Waals surface area contributed by atoms with Crippen molar-refractivity contribution in [2.75, 3.05) is 0 Å². The fourth-order valence-corrected chi connectivity index (χ4v) is 4.00. The highest BCUT2D eigenvalue weighted by atomic mass is 35.5. The third-order valence-corrected chi connectivity index (χ3v) is 5.23. The quantitative estimate of drug-likeness (QED) is 0.781. The molecule has 2 aliphatic rings. The summed E-state index contributed by atoms with van der Waals surface area (Å²) in [7, 11) is 0. The Labute approximate surface area is 164 Å². The lowest BCUT2D eigenvalue weighted by Gasteiger charge is -2.31. The number of nitrogens with zero attached hydrogens (tertiary/aromatic N) is 1. The van der Waals surface area contributed by atoms with Gasteiger partial charge in [0, 0.05) is 26.7 Å². The number of hydrogen-bond acceptors (Lipinski definition) is 5. The summed E-state index contributed by atoms with van der Waals surface area (Å²) >= 11 is 12.7. The molecule has 0 saturated carbocycles. The second-order valence-electron chi connectivity index (χ2n) is 6.01. The molecule has 0 bridgehead atoms. The molecule has 1 aliphatic heterocycles. The molecule has 132 valence electrons. The van der Waals surface area contributed by atoms with E-state index in [1.54, 1.807) is 42.5 Å². The number of benzene rings is 2. The van der Waals surface area contributed by atoms with Gasteiger partial charge in [-0.25, -0.2) is 0 Å². The molecule has 0 unspecified atom stereocenters. The van der Waals surface area contributed by atoms with Crippen LogP contribution in [0.2, 0.25) is 10.0 Å². The first-order valence-electron chi connectivity index (χ1n) is 7.89. The number of hydrogen-bond donors (Lipinski definition) is 1. The SMILES string of the molecule is N#CC1=C(N)OC2=C(C(=O)c3ccccc3C2=O)[C@@H]1c1c(Cl)cccc1Cl. The van der Waals surface area contributed by atoms with E-state index in [0.717, 1.165) is 0 Å². The largest absolute Gasteiger partial charge is 0.436 e. The van der Waals surface area contributed by atoms with Gasteiger partial charge in [-0.2, -0.15) is 5.26 Å². The Kier molecular flexibility index (Phi) is 4.03. The molecular weight excluding hydrogens is 387 g/mol. The predicted molar refractivity (Wildman–Crippen MR) is 99.2 cm³/mol. The molecule has 0 amide bonds. The summed E-state index contributed by atoms with van der Waals surface area (Å²) in [6.07, 6.45) is 0. The van der Waals surface area contributed by atoms with Crippen LogP contribution in [0, 0.1) is 11.3 Å². The van der Waals surface area contributed by atoms with Gasteiger partial charge < -0.3 is 10.5 Å². The lowest BCUT2D eigenvalue weighted by Crippen LogP contribution is -2.32. The minimum absolute atomic E-state index is 0.0134.